The summed E-state index contributed by atoms with van der Waals surface area (Å²) in [5.74, 6) is 3.27. The van der Waals surface area contributed by atoms with Crippen molar-refractivity contribution in [2.75, 3.05) is 4.90 Å². The Bertz CT molecular complexity index is 3430. The lowest BCUT2D eigenvalue weighted by molar-refractivity contribution is 0.483. The molecule has 0 saturated heterocycles. The number of fused-ring (bicyclic) bond motifs is 7. The molecule has 6 nitrogen and oxygen atoms in total. The maximum atomic E-state index is 6.78. The molecule has 3 aromatic heterocycles. The van der Waals surface area contributed by atoms with Crippen LogP contribution in [0.25, 0.3) is 49.9 Å². The lowest BCUT2D eigenvalue weighted by Gasteiger charge is -2.44. The normalized spacial score (nSPS) is 13.0. The van der Waals surface area contributed by atoms with E-state index in [1.165, 1.54) is 31.5 Å². The molecule has 7 heteroatoms. The van der Waals surface area contributed by atoms with Gasteiger partial charge in [0.05, 0.1) is 33.4 Å². The van der Waals surface area contributed by atoms with Crippen molar-refractivity contribution >= 4 is 78.9 Å². The fraction of sp³-hybridized carbons (Fsp3) is 0.0182. The maximum absolute atomic E-state index is 6.78. The van der Waals surface area contributed by atoms with Gasteiger partial charge in [0.15, 0.2) is 8.07 Å². The Morgan fingerprint density at radius 2 is 1.15 bits per heavy atom. The second kappa shape index (κ2) is 14.3. The topological polar surface area (TPSA) is 48.1 Å². The highest BCUT2D eigenvalue weighted by Gasteiger charge is 2.50. The Labute approximate surface area is 360 Å². The molecule has 0 aliphatic carbocycles. The van der Waals surface area contributed by atoms with Crippen LogP contribution in [0.5, 0.6) is 11.5 Å². The minimum absolute atomic E-state index is 0.725. The molecule has 0 bridgehead atoms. The minimum atomic E-state index is -3.01. The first-order chi connectivity index (χ1) is 30.7. The van der Waals surface area contributed by atoms with Crippen molar-refractivity contribution in [1.82, 2.24) is 19.1 Å². The van der Waals surface area contributed by atoms with E-state index in [1.54, 1.807) is 0 Å². The van der Waals surface area contributed by atoms with Crippen LogP contribution in [0.15, 0.2) is 219 Å². The molecule has 1 aliphatic rings. The summed E-state index contributed by atoms with van der Waals surface area (Å²) >= 11 is 0. The quantitative estimate of drug-likeness (QED) is 0.150. The van der Waals surface area contributed by atoms with E-state index in [4.69, 9.17) is 14.7 Å². The first-order valence-corrected chi connectivity index (χ1v) is 23.0. The highest BCUT2D eigenvalue weighted by atomic mass is 28.3. The first-order valence-electron chi connectivity index (χ1n) is 21.0. The zero-order valence-corrected chi connectivity index (χ0v) is 34.9. The van der Waals surface area contributed by atoms with Crippen molar-refractivity contribution in [1.29, 1.82) is 0 Å². The van der Waals surface area contributed by atoms with Gasteiger partial charge >= 0.3 is 0 Å². The Morgan fingerprint density at radius 3 is 1.90 bits per heavy atom. The summed E-state index contributed by atoms with van der Waals surface area (Å²) in [6.07, 6.45) is 1.94. The van der Waals surface area contributed by atoms with Crippen LogP contribution in [0.1, 0.15) is 0 Å². The van der Waals surface area contributed by atoms with Gasteiger partial charge in [-0.25, -0.2) is 9.97 Å². The van der Waals surface area contributed by atoms with Crippen molar-refractivity contribution in [3.8, 4) is 28.6 Å². The predicted molar refractivity (Wildman–Crippen MR) is 257 cm³/mol. The molecule has 62 heavy (non-hydrogen) atoms. The number of rotatable bonds is 7. The zero-order valence-electron chi connectivity index (χ0n) is 33.9. The molecule has 294 valence electrons. The number of pyridine rings is 1. The highest BCUT2D eigenvalue weighted by Crippen LogP contribution is 2.46. The number of aryl methyl sites for hydroxylation is 1. The van der Waals surface area contributed by atoms with Crippen molar-refractivity contribution in [2.45, 2.75) is 0 Å². The van der Waals surface area contributed by atoms with E-state index in [0.29, 0.717) is 0 Å². The van der Waals surface area contributed by atoms with Gasteiger partial charge in [0.25, 0.3) is 0 Å². The van der Waals surface area contributed by atoms with Gasteiger partial charge in [-0.05, 0) is 87.5 Å². The van der Waals surface area contributed by atoms with Gasteiger partial charge in [0.2, 0.25) is 0 Å². The molecule has 1 aliphatic heterocycles. The lowest BCUT2D eigenvalue weighted by atomic mass is 10.1. The Morgan fingerprint density at radius 1 is 0.500 bits per heavy atom. The second-order valence-corrected chi connectivity index (χ2v) is 19.6. The van der Waals surface area contributed by atoms with E-state index in [1.807, 2.05) is 36.5 Å². The SMILES string of the molecule is Cn1c(-c2cccc(Oc3cccc(N4c5ncccc5[Si](c5ccccc5)(c5ccccc5)c5ccc6c(c54)c4ccccc4n6-c4ccccc4)c3)c2)nc2ccccc21. The summed E-state index contributed by atoms with van der Waals surface area (Å²) in [7, 11) is -0.948. The summed E-state index contributed by atoms with van der Waals surface area (Å²) in [5, 5.41) is 7.53. The van der Waals surface area contributed by atoms with Gasteiger partial charge in [-0.15, -0.1) is 0 Å². The molecule has 0 N–H and O–H groups in total. The molecule has 0 fully saturated rings. The van der Waals surface area contributed by atoms with Gasteiger partial charge in [-0.2, -0.15) is 0 Å². The monoisotopic (exact) mass is 813 g/mol. The summed E-state index contributed by atoms with van der Waals surface area (Å²) in [4.78, 5) is 12.7. The van der Waals surface area contributed by atoms with Crippen molar-refractivity contribution in [3.63, 3.8) is 0 Å². The number of hydrogen-bond donors (Lipinski definition) is 0. The van der Waals surface area contributed by atoms with Crippen LogP contribution in [0.4, 0.5) is 17.2 Å². The van der Waals surface area contributed by atoms with Crippen LogP contribution in [-0.2, 0) is 7.05 Å². The largest absolute Gasteiger partial charge is 0.457 e. The summed E-state index contributed by atoms with van der Waals surface area (Å²) in [6.45, 7) is 0. The third-order valence-corrected chi connectivity index (χ3v) is 17.3. The molecule has 0 spiro atoms. The number of imidazole rings is 1. The van der Waals surface area contributed by atoms with Crippen LogP contribution >= 0.6 is 0 Å². The molecule has 0 unspecified atom stereocenters. The van der Waals surface area contributed by atoms with E-state index >= 15 is 0 Å². The van der Waals surface area contributed by atoms with Crippen LogP contribution in [-0.4, -0.2) is 27.2 Å². The number of aromatic nitrogens is 4. The Hall–Kier alpha value is -8.00. The summed E-state index contributed by atoms with van der Waals surface area (Å²) in [6, 6.07) is 75.8. The van der Waals surface area contributed by atoms with Crippen molar-refractivity contribution in [3.05, 3.63) is 219 Å². The van der Waals surface area contributed by atoms with E-state index in [-0.39, 0.29) is 0 Å². The molecule has 11 aromatic rings. The van der Waals surface area contributed by atoms with E-state index in [2.05, 4.69) is 203 Å². The van der Waals surface area contributed by atoms with Crippen LogP contribution in [0, 0.1) is 0 Å². The molecular formula is C55H39N5OSi. The van der Waals surface area contributed by atoms with Gasteiger partial charge in [0.1, 0.15) is 23.1 Å². The van der Waals surface area contributed by atoms with Crippen molar-refractivity contribution < 1.29 is 4.74 Å². The van der Waals surface area contributed by atoms with Crippen molar-refractivity contribution in [2.24, 2.45) is 7.05 Å². The van der Waals surface area contributed by atoms with Gasteiger partial charge in [-0.1, -0.05) is 140 Å². The second-order valence-electron chi connectivity index (χ2n) is 15.8. The molecular weight excluding hydrogens is 775 g/mol. The average molecular weight is 814 g/mol. The van der Waals surface area contributed by atoms with Gasteiger partial charge < -0.3 is 13.9 Å². The fourth-order valence-corrected chi connectivity index (χ4v) is 14.9. The number of nitrogens with zero attached hydrogens (tertiary/aromatic N) is 5. The molecule has 4 heterocycles. The minimum Gasteiger partial charge on any atom is -0.457 e. The zero-order chi connectivity index (χ0) is 41.2. The van der Waals surface area contributed by atoms with E-state index < -0.39 is 8.07 Å². The number of para-hydroxylation sites is 4. The third kappa shape index (κ3) is 5.42. The van der Waals surface area contributed by atoms with E-state index in [0.717, 1.165) is 67.8 Å². The summed E-state index contributed by atoms with van der Waals surface area (Å²) < 4.78 is 11.3. The lowest BCUT2D eigenvalue weighted by Crippen LogP contribution is -2.77. The molecule has 0 saturated carbocycles. The first kappa shape index (κ1) is 35.9. The van der Waals surface area contributed by atoms with E-state index in [9.17, 15) is 0 Å². The molecule has 0 atom stereocenters. The van der Waals surface area contributed by atoms with Gasteiger partial charge in [0, 0.05) is 41.3 Å². The third-order valence-electron chi connectivity index (χ3n) is 12.5. The molecule has 0 amide bonds. The Kier molecular flexibility index (Phi) is 8.30. The molecule has 0 radical (unpaired) electrons. The van der Waals surface area contributed by atoms with Crippen LogP contribution in [0.2, 0.25) is 0 Å². The summed E-state index contributed by atoms with van der Waals surface area (Å²) in [5.41, 5.74) is 8.54. The fourth-order valence-electron chi connectivity index (χ4n) is 9.89. The number of hydrogen-bond acceptors (Lipinski definition) is 4. The number of benzene rings is 8. The standard InChI is InChI=1S/C55H39N5OSi/c1-58-48-31-14-12-29-46(48)57-54(58)38-18-15-22-41(36-38)61-42-23-16-21-40(37-42)60-53-50(34-33-49-52(53)45-28-11-13-30-47(45)59(49)39-19-5-2-6-20-39)62(43-24-7-3-8-25-43,44-26-9-4-10-27-44)51-32-17-35-56-55(51)60/h2-37H,1H3. The molecule has 8 aromatic carbocycles. The van der Waals surface area contributed by atoms with Crippen LogP contribution < -0.4 is 30.4 Å². The average Bonchev–Trinajstić information content (AvgIpc) is 3.86. The maximum Gasteiger partial charge on any atom is 0.186 e. The van der Waals surface area contributed by atoms with Crippen LogP contribution in [0.3, 0.4) is 0 Å². The number of ether oxygens (including phenoxy) is 1. The molecule has 12 rings (SSSR count). The smallest absolute Gasteiger partial charge is 0.186 e. The number of anilines is 3. The van der Waals surface area contributed by atoms with Gasteiger partial charge in [-0.3, -0.25) is 4.90 Å². The predicted octanol–water partition coefficient (Wildman–Crippen LogP) is 10.7. The Balaban J connectivity index is 1.11. The highest BCUT2D eigenvalue weighted by molar-refractivity contribution is 7.21.